The fourth-order valence-electron chi connectivity index (χ4n) is 2.83. The fourth-order valence-corrected chi connectivity index (χ4v) is 2.83. The first kappa shape index (κ1) is 18.6. The first-order valence-electron chi connectivity index (χ1n) is 8.67. The molecule has 140 valence electrons. The van der Waals surface area contributed by atoms with Crippen molar-refractivity contribution < 1.29 is 9.53 Å². The van der Waals surface area contributed by atoms with Crippen molar-refractivity contribution >= 4 is 22.5 Å². The van der Waals surface area contributed by atoms with Gasteiger partial charge in [0.15, 0.2) is 0 Å². The Morgan fingerprint density at radius 2 is 1.93 bits per heavy atom. The molecule has 2 N–H and O–H groups in total. The van der Waals surface area contributed by atoms with E-state index in [1.54, 1.807) is 13.2 Å². The van der Waals surface area contributed by atoms with Crippen LogP contribution in [0.5, 0.6) is 0 Å². The number of aryl methyl sites for hydroxylation is 1. The lowest BCUT2D eigenvalue weighted by Crippen LogP contribution is -2.31. The van der Waals surface area contributed by atoms with E-state index < -0.39 is 0 Å². The van der Waals surface area contributed by atoms with E-state index in [-0.39, 0.29) is 18.1 Å². The van der Waals surface area contributed by atoms with Gasteiger partial charge in [-0.15, -0.1) is 0 Å². The molecule has 2 amide bonds. The van der Waals surface area contributed by atoms with Crippen LogP contribution in [0.4, 0.5) is 10.5 Å². The zero-order valence-electron chi connectivity index (χ0n) is 15.4. The number of rotatable bonds is 6. The molecule has 0 saturated carbocycles. The summed E-state index contributed by atoms with van der Waals surface area (Å²) in [5, 5.41) is 11.3. The summed E-state index contributed by atoms with van der Waals surface area (Å²) in [5.41, 5.74) is 2.23. The topological polar surface area (TPSA) is 85.2 Å². The van der Waals surface area contributed by atoms with Crippen molar-refractivity contribution in [3.05, 3.63) is 70.1 Å². The van der Waals surface area contributed by atoms with Gasteiger partial charge in [0.2, 0.25) is 0 Å². The number of carbonyl (C=O) groups is 1. The number of nitrogens with zero attached hydrogens (tertiary/aromatic N) is 2. The molecule has 0 aliphatic heterocycles. The number of amides is 2. The molecular formula is C20H22N4O3. The third-order valence-corrected chi connectivity index (χ3v) is 4.14. The average Bonchev–Trinajstić information content (AvgIpc) is 2.67. The van der Waals surface area contributed by atoms with Gasteiger partial charge in [-0.1, -0.05) is 30.3 Å². The van der Waals surface area contributed by atoms with Gasteiger partial charge in [-0.05, 0) is 30.7 Å². The van der Waals surface area contributed by atoms with Crippen LogP contribution >= 0.6 is 0 Å². The largest absolute Gasteiger partial charge is 0.383 e. The molecule has 0 bridgehead atoms. The minimum Gasteiger partial charge on any atom is -0.383 e. The van der Waals surface area contributed by atoms with Gasteiger partial charge in [-0.2, -0.15) is 5.10 Å². The van der Waals surface area contributed by atoms with E-state index in [4.69, 9.17) is 4.74 Å². The summed E-state index contributed by atoms with van der Waals surface area (Å²) in [5.74, 6) is 0. The summed E-state index contributed by atoms with van der Waals surface area (Å²) in [6.45, 7) is 2.89. The summed E-state index contributed by atoms with van der Waals surface area (Å²) < 4.78 is 6.42. The Kier molecular flexibility index (Phi) is 5.83. The molecular weight excluding hydrogens is 344 g/mol. The van der Waals surface area contributed by atoms with Crippen molar-refractivity contribution in [1.82, 2.24) is 15.1 Å². The minimum absolute atomic E-state index is 0.171. The van der Waals surface area contributed by atoms with Crippen LogP contribution in [0, 0.1) is 6.92 Å². The number of nitrogens with one attached hydrogen (secondary N) is 2. The van der Waals surface area contributed by atoms with Gasteiger partial charge in [-0.3, -0.25) is 4.79 Å². The van der Waals surface area contributed by atoms with Gasteiger partial charge < -0.3 is 15.4 Å². The zero-order chi connectivity index (χ0) is 19.2. The van der Waals surface area contributed by atoms with Crippen molar-refractivity contribution in [3.8, 4) is 0 Å². The summed E-state index contributed by atoms with van der Waals surface area (Å²) in [6, 6.07) is 14.5. The zero-order valence-corrected chi connectivity index (χ0v) is 15.4. The molecule has 0 saturated heterocycles. The molecule has 0 radical (unpaired) electrons. The Balaban J connectivity index is 1.80. The molecule has 7 heteroatoms. The second-order valence-corrected chi connectivity index (χ2v) is 6.19. The Labute approximate surface area is 157 Å². The molecule has 1 aromatic heterocycles. The molecule has 7 nitrogen and oxygen atoms in total. The highest BCUT2D eigenvalue weighted by atomic mass is 16.5. The quantitative estimate of drug-likeness (QED) is 0.702. The fraction of sp³-hybridized carbons (Fsp3) is 0.250. The Morgan fingerprint density at radius 3 is 2.67 bits per heavy atom. The van der Waals surface area contributed by atoms with Crippen LogP contribution in [0.2, 0.25) is 0 Å². The second-order valence-electron chi connectivity index (χ2n) is 6.19. The predicted octanol–water partition coefficient (Wildman–Crippen LogP) is 2.67. The van der Waals surface area contributed by atoms with Gasteiger partial charge in [0.25, 0.3) is 5.56 Å². The van der Waals surface area contributed by atoms with E-state index in [1.807, 2.05) is 49.4 Å². The molecule has 2 aromatic carbocycles. The number of carbonyl (C=O) groups excluding carboxylic acids is 1. The van der Waals surface area contributed by atoms with Gasteiger partial charge in [0, 0.05) is 18.2 Å². The maximum atomic E-state index is 12.5. The maximum absolute atomic E-state index is 12.5. The summed E-state index contributed by atoms with van der Waals surface area (Å²) in [7, 11) is 1.57. The Hall–Kier alpha value is -3.19. The third kappa shape index (κ3) is 4.51. The monoisotopic (exact) mass is 366 g/mol. The molecule has 1 heterocycles. The standard InChI is InChI=1S/C20H22N4O3/c1-14-6-5-7-15(12-14)22-20(26)21-13-18-16-8-3-4-9-17(16)19(25)24(23-18)10-11-27-2/h3-9,12H,10-11,13H2,1-2H3,(H2,21,22,26). The molecule has 0 unspecified atom stereocenters. The van der Waals surface area contributed by atoms with Crippen molar-refractivity contribution in [1.29, 1.82) is 0 Å². The molecule has 3 aromatic rings. The molecule has 27 heavy (non-hydrogen) atoms. The molecule has 0 aliphatic carbocycles. The van der Waals surface area contributed by atoms with E-state index in [9.17, 15) is 9.59 Å². The van der Waals surface area contributed by atoms with Gasteiger partial charge >= 0.3 is 6.03 Å². The Morgan fingerprint density at radius 1 is 1.15 bits per heavy atom. The van der Waals surface area contributed by atoms with Crippen LogP contribution in [0.3, 0.4) is 0 Å². The van der Waals surface area contributed by atoms with Crippen LogP contribution < -0.4 is 16.2 Å². The lowest BCUT2D eigenvalue weighted by atomic mass is 10.1. The van der Waals surface area contributed by atoms with Crippen LogP contribution in [0.1, 0.15) is 11.3 Å². The van der Waals surface area contributed by atoms with Crippen molar-refractivity contribution in [2.45, 2.75) is 20.0 Å². The van der Waals surface area contributed by atoms with E-state index in [0.717, 1.165) is 16.6 Å². The van der Waals surface area contributed by atoms with Crippen LogP contribution in [-0.4, -0.2) is 29.5 Å². The van der Waals surface area contributed by atoms with Crippen LogP contribution in [-0.2, 0) is 17.8 Å². The highest BCUT2D eigenvalue weighted by Crippen LogP contribution is 2.13. The lowest BCUT2D eigenvalue weighted by molar-refractivity contribution is 0.181. The average molecular weight is 366 g/mol. The van der Waals surface area contributed by atoms with Crippen LogP contribution in [0.15, 0.2) is 53.3 Å². The summed E-state index contributed by atoms with van der Waals surface area (Å²) in [4.78, 5) is 24.8. The number of aromatic nitrogens is 2. The number of hydrogen-bond donors (Lipinski definition) is 2. The molecule has 0 atom stereocenters. The molecule has 3 rings (SSSR count). The molecule has 0 fully saturated rings. The highest BCUT2D eigenvalue weighted by molar-refractivity contribution is 5.90. The van der Waals surface area contributed by atoms with E-state index in [0.29, 0.717) is 24.2 Å². The highest BCUT2D eigenvalue weighted by Gasteiger charge is 2.11. The first-order valence-corrected chi connectivity index (χ1v) is 8.67. The summed E-state index contributed by atoms with van der Waals surface area (Å²) in [6.07, 6.45) is 0. The van der Waals surface area contributed by atoms with Crippen molar-refractivity contribution in [2.24, 2.45) is 0 Å². The number of ether oxygens (including phenoxy) is 1. The smallest absolute Gasteiger partial charge is 0.319 e. The number of fused-ring (bicyclic) bond motifs is 1. The number of benzene rings is 2. The van der Waals surface area contributed by atoms with Crippen molar-refractivity contribution in [2.75, 3.05) is 19.0 Å². The number of hydrogen-bond acceptors (Lipinski definition) is 4. The minimum atomic E-state index is -0.332. The SMILES string of the molecule is COCCn1nc(CNC(=O)Nc2cccc(C)c2)c2ccccc2c1=O. The number of methoxy groups -OCH3 is 1. The normalized spacial score (nSPS) is 10.7. The lowest BCUT2D eigenvalue weighted by Gasteiger charge is -2.12. The van der Waals surface area contributed by atoms with Crippen molar-refractivity contribution in [3.63, 3.8) is 0 Å². The van der Waals surface area contributed by atoms with E-state index >= 15 is 0 Å². The van der Waals surface area contributed by atoms with Gasteiger partial charge in [0.05, 0.1) is 30.8 Å². The molecule has 0 aliphatic rings. The van der Waals surface area contributed by atoms with Gasteiger partial charge in [-0.25, -0.2) is 9.48 Å². The second kappa shape index (κ2) is 8.46. The first-order chi connectivity index (χ1) is 13.1. The number of urea groups is 1. The van der Waals surface area contributed by atoms with E-state index in [2.05, 4.69) is 15.7 Å². The third-order valence-electron chi connectivity index (χ3n) is 4.14. The maximum Gasteiger partial charge on any atom is 0.319 e. The van der Waals surface area contributed by atoms with Crippen LogP contribution in [0.25, 0.3) is 10.8 Å². The van der Waals surface area contributed by atoms with E-state index in [1.165, 1.54) is 4.68 Å². The summed E-state index contributed by atoms with van der Waals surface area (Å²) >= 11 is 0. The molecule has 0 spiro atoms. The number of anilines is 1. The van der Waals surface area contributed by atoms with Gasteiger partial charge in [0.1, 0.15) is 0 Å². The predicted molar refractivity (Wildman–Crippen MR) is 105 cm³/mol. The Bertz CT molecular complexity index is 1010.